The van der Waals surface area contributed by atoms with E-state index in [-0.39, 0.29) is 15.7 Å². The molecule has 1 heterocycles. The third-order valence-electron chi connectivity index (χ3n) is 2.41. The Hall–Kier alpha value is -1.47. The molecule has 9 heteroatoms. The maximum Gasteiger partial charge on any atom is 0.426 e. The van der Waals surface area contributed by atoms with Crippen molar-refractivity contribution in [3.63, 3.8) is 0 Å². The van der Waals surface area contributed by atoms with Crippen LogP contribution in [0.15, 0.2) is 18.2 Å². The third-order valence-corrected chi connectivity index (χ3v) is 2.95. The molecule has 1 aromatic heterocycles. The molecule has 0 fully saturated rings. The monoisotopic (exact) mass is 328 g/mol. The Morgan fingerprint density at radius 1 is 1.25 bits per heavy atom. The Kier molecular flexibility index (Phi) is 3.84. The molecule has 0 atom stereocenters. The molecule has 3 nitrogen and oxygen atoms in total. The fourth-order valence-electron chi connectivity index (χ4n) is 1.57. The summed E-state index contributed by atoms with van der Waals surface area (Å²) in [6.45, 7) is 0. The Bertz CT molecular complexity index is 655. The SMILES string of the molecule is COc1nn(-c2ccc(Cl)cc2Cl)c(F)c1C(F)(F)F. The quantitative estimate of drug-likeness (QED) is 0.766. The minimum absolute atomic E-state index is 0.0460. The van der Waals surface area contributed by atoms with Crippen LogP contribution in [0.2, 0.25) is 10.0 Å². The van der Waals surface area contributed by atoms with Crippen LogP contribution < -0.4 is 4.74 Å². The predicted octanol–water partition coefficient (Wildman–Crippen LogP) is 4.35. The van der Waals surface area contributed by atoms with Gasteiger partial charge in [-0.05, 0) is 18.2 Å². The van der Waals surface area contributed by atoms with Gasteiger partial charge in [0.2, 0.25) is 11.8 Å². The molecule has 0 aliphatic carbocycles. The average molecular weight is 329 g/mol. The van der Waals surface area contributed by atoms with Crippen LogP contribution in [0.5, 0.6) is 5.88 Å². The van der Waals surface area contributed by atoms with Gasteiger partial charge in [0.15, 0.2) is 5.56 Å². The summed E-state index contributed by atoms with van der Waals surface area (Å²) in [4.78, 5) is 0. The van der Waals surface area contributed by atoms with Gasteiger partial charge in [-0.15, -0.1) is 5.10 Å². The van der Waals surface area contributed by atoms with Crippen molar-refractivity contribution in [2.75, 3.05) is 7.11 Å². The summed E-state index contributed by atoms with van der Waals surface area (Å²) >= 11 is 11.5. The lowest BCUT2D eigenvalue weighted by Gasteiger charge is -2.06. The Morgan fingerprint density at radius 2 is 1.90 bits per heavy atom. The predicted molar refractivity (Wildman–Crippen MR) is 65.1 cm³/mol. The van der Waals surface area contributed by atoms with Crippen LogP contribution in [0, 0.1) is 5.95 Å². The van der Waals surface area contributed by atoms with Gasteiger partial charge in [0.25, 0.3) is 0 Å². The molecule has 2 rings (SSSR count). The van der Waals surface area contributed by atoms with E-state index in [0.29, 0.717) is 4.68 Å². The number of alkyl halides is 3. The summed E-state index contributed by atoms with van der Waals surface area (Å²) in [6, 6.07) is 3.86. The number of benzene rings is 1. The van der Waals surface area contributed by atoms with E-state index < -0.39 is 23.6 Å². The molecule has 0 bridgehead atoms. The molecule has 0 spiro atoms. The van der Waals surface area contributed by atoms with Gasteiger partial charge in [0.1, 0.15) is 0 Å². The number of hydrogen-bond donors (Lipinski definition) is 0. The lowest BCUT2D eigenvalue weighted by atomic mass is 10.3. The van der Waals surface area contributed by atoms with Crippen LogP contribution in [0.25, 0.3) is 5.69 Å². The van der Waals surface area contributed by atoms with Crippen LogP contribution in [-0.4, -0.2) is 16.9 Å². The van der Waals surface area contributed by atoms with Crippen LogP contribution in [0.3, 0.4) is 0 Å². The van der Waals surface area contributed by atoms with E-state index in [9.17, 15) is 17.6 Å². The molecule has 20 heavy (non-hydrogen) atoms. The first-order valence-electron chi connectivity index (χ1n) is 5.11. The zero-order valence-electron chi connectivity index (χ0n) is 9.80. The van der Waals surface area contributed by atoms with Crippen molar-refractivity contribution in [3.8, 4) is 11.6 Å². The van der Waals surface area contributed by atoms with E-state index in [1.807, 2.05) is 0 Å². The highest BCUT2D eigenvalue weighted by Gasteiger charge is 2.42. The number of halogens is 6. The topological polar surface area (TPSA) is 27.1 Å². The first kappa shape index (κ1) is 14.9. The second-order valence-corrected chi connectivity index (χ2v) is 4.52. The summed E-state index contributed by atoms with van der Waals surface area (Å²) in [7, 11) is 0.963. The maximum absolute atomic E-state index is 14.0. The summed E-state index contributed by atoms with van der Waals surface area (Å²) in [6.07, 6.45) is -4.94. The van der Waals surface area contributed by atoms with Crippen molar-refractivity contribution in [3.05, 3.63) is 39.8 Å². The summed E-state index contributed by atoms with van der Waals surface area (Å²) in [5, 5.41) is 3.64. The van der Waals surface area contributed by atoms with Crippen molar-refractivity contribution in [2.45, 2.75) is 6.18 Å². The molecule has 0 saturated heterocycles. The highest BCUT2D eigenvalue weighted by molar-refractivity contribution is 6.35. The number of rotatable bonds is 2. The van der Waals surface area contributed by atoms with Gasteiger partial charge in [0.05, 0.1) is 17.8 Å². The van der Waals surface area contributed by atoms with Crippen molar-refractivity contribution in [1.29, 1.82) is 0 Å². The minimum Gasteiger partial charge on any atom is -0.479 e. The molecule has 0 aliphatic rings. The minimum atomic E-state index is -4.94. The summed E-state index contributed by atoms with van der Waals surface area (Å²) < 4.78 is 57.1. The number of aromatic nitrogens is 2. The second-order valence-electron chi connectivity index (χ2n) is 3.68. The lowest BCUT2D eigenvalue weighted by molar-refractivity contribution is -0.141. The molecule has 1 aromatic carbocycles. The van der Waals surface area contributed by atoms with E-state index >= 15 is 0 Å². The smallest absolute Gasteiger partial charge is 0.426 e. The molecule has 0 radical (unpaired) electrons. The number of nitrogens with zero attached hydrogens (tertiary/aromatic N) is 2. The number of hydrogen-bond acceptors (Lipinski definition) is 2. The molecule has 0 amide bonds. The number of ether oxygens (including phenoxy) is 1. The van der Waals surface area contributed by atoms with Crippen molar-refractivity contribution >= 4 is 23.2 Å². The highest BCUT2D eigenvalue weighted by Crippen LogP contribution is 2.39. The Balaban J connectivity index is 2.67. The fraction of sp³-hybridized carbons (Fsp3) is 0.182. The van der Waals surface area contributed by atoms with Crippen LogP contribution in [0.1, 0.15) is 5.56 Å². The van der Waals surface area contributed by atoms with Crippen molar-refractivity contribution in [1.82, 2.24) is 9.78 Å². The molecule has 108 valence electrons. The van der Waals surface area contributed by atoms with Gasteiger partial charge < -0.3 is 4.74 Å². The van der Waals surface area contributed by atoms with Crippen LogP contribution in [0.4, 0.5) is 17.6 Å². The van der Waals surface area contributed by atoms with E-state index in [0.717, 1.165) is 7.11 Å². The number of methoxy groups -OCH3 is 1. The molecular formula is C11H6Cl2F4N2O. The molecule has 2 aromatic rings. The Morgan fingerprint density at radius 3 is 2.35 bits per heavy atom. The average Bonchev–Trinajstić information content (AvgIpc) is 2.66. The van der Waals surface area contributed by atoms with Gasteiger partial charge in [-0.2, -0.15) is 17.6 Å². The molecule has 0 N–H and O–H groups in total. The summed E-state index contributed by atoms with van der Waals surface area (Å²) in [5.41, 5.74) is -1.67. The lowest BCUT2D eigenvalue weighted by Crippen LogP contribution is -2.09. The van der Waals surface area contributed by atoms with Gasteiger partial charge in [-0.3, -0.25) is 0 Å². The van der Waals surface area contributed by atoms with E-state index in [4.69, 9.17) is 23.2 Å². The zero-order chi connectivity index (χ0) is 15.1. The Labute approximate surface area is 120 Å². The standard InChI is InChI=1S/C11H6Cl2F4N2O/c1-20-10-8(11(15,16)17)9(14)19(18-10)7-3-2-5(12)4-6(7)13/h2-4H,1H3. The summed E-state index contributed by atoms with van der Waals surface area (Å²) in [5.74, 6) is -2.49. The molecule has 0 aliphatic heterocycles. The second kappa shape index (κ2) is 5.14. The van der Waals surface area contributed by atoms with Crippen molar-refractivity contribution in [2.24, 2.45) is 0 Å². The first-order valence-corrected chi connectivity index (χ1v) is 5.86. The van der Waals surface area contributed by atoms with Gasteiger partial charge in [-0.1, -0.05) is 23.2 Å². The van der Waals surface area contributed by atoms with E-state index in [1.165, 1.54) is 18.2 Å². The van der Waals surface area contributed by atoms with Gasteiger partial charge in [0, 0.05) is 5.02 Å². The first-order chi connectivity index (χ1) is 9.25. The molecule has 0 saturated carbocycles. The zero-order valence-corrected chi connectivity index (χ0v) is 11.3. The maximum atomic E-state index is 14.0. The third kappa shape index (κ3) is 2.55. The van der Waals surface area contributed by atoms with Gasteiger partial charge >= 0.3 is 6.18 Å². The van der Waals surface area contributed by atoms with E-state index in [1.54, 1.807) is 0 Å². The normalized spacial score (nSPS) is 11.8. The van der Waals surface area contributed by atoms with Crippen LogP contribution in [-0.2, 0) is 6.18 Å². The van der Waals surface area contributed by atoms with Crippen LogP contribution >= 0.6 is 23.2 Å². The fourth-order valence-corrected chi connectivity index (χ4v) is 2.06. The molecular weight excluding hydrogens is 323 g/mol. The van der Waals surface area contributed by atoms with E-state index in [2.05, 4.69) is 9.84 Å². The van der Waals surface area contributed by atoms with Gasteiger partial charge in [-0.25, -0.2) is 4.68 Å². The molecule has 0 unspecified atom stereocenters. The highest BCUT2D eigenvalue weighted by atomic mass is 35.5. The van der Waals surface area contributed by atoms with Crippen molar-refractivity contribution < 1.29 is 22.3 Å². The largest absolute Gasteiger partial charge is 0.479 e.